The number of amides is 1. The standard InChI is InChI=1S/C26H28F2N6O5S2/c1-4-34(40(36,37)19-8-6-5-7-9-19)16-23-26(2,32-25(29)33(3)41(23,38)39)20-14-18(11-12-21(20)28)31-24(35)22-13-10-17(27)15-30-22/h5-15,23H,4,16H2,1-3H3,(H2,29,32)(H,31,35)/t23-,26+/m0/s1. The number of rotatable bonds is 8. The van der Waals surface area contributed by atoms with Crippen LogP contribution in [0.5, 0.6) is 0 Å². The molecule has 2 aromatic carbocycles. The van der Waals surface area contributed by atoms with Crippen molar-refractivity contribution < 1.29 is 30.4 Å². The Morgan fingerprint density at radius 2 is 1.85 bits per heavy atom. The van der Waals surface area contributed by atoms with Gasteiger partial charge in [0.15, 0.2) is 0 Å². The first kappa shape index (κ1) is 30.0. The molecule has 1 saturated heterocycles. The second kappa shape index (κ2) is 11.1. The summed E-state index contributed by atoms with van der Waals surface area (Å²) in [7, 11) is -7.42. The van der Waals surface area contributed by atoms with Crippen LogP contribution >= 0.6 is 0 Å². The monoisotopic (exact) mass is 606 g/mol. The van der Waals surface area contributed by atoms with Crippen LogP contribution in [0, 0.1) is 17.0 Å². The van der Waals surface area contributed by atoms with Gasteiger partial charge in [-0.1, -0.05) is 25.1 Å². The Kier molecular flexibility index (Phi) is 8.16. The third-order valence-corrected chi connectivity index (χ3v) is 11.2. The summed E-state index contributed by atoms with van der Waals surface area (Å²) in [6.07, 6.45) is 0.860. The van der Waals surface area contributed by atoms with Gasteiger partial charge >= 0.3 is 0 Å². The van der Waals surface area contributed by atoms with Crippen LogP contribution in [0.15, 0.2) is 71.8 Å². The number of nitrogens with zero attached hydrogens (tertiary/aromatic N) is 3. The summed E-state index contributed by atoms with van der Waals surface area (Å²) >= 11 is 0. The molecule has 0 radical (unpaired) electrons. The molecule has 1 aliphatic heterocycles. The number of benzene rings is 2. The zero-order valence-corrected chi connectivity index (χ0v) is 23.9. The number of carbonyl (C=O) groups is 1. The fourth-order valence-electron chi connectivity index (χ4n) is 4.57. The molecule has 4 rings (SSSR count). The molecule has 1 aliphatic rings. The van der Waals surface area contributed by atoms with E-state index in [0.29, 0.717) is 4.31 Å². The van der Waals surface area contributed by atoms with Crippen molar-refractivity contribution in [1.82, 2.24) is 18.9 Å². The largest absolute Gasteiger partial charge is 0.345 e. The van der Waals surface area contributed by atoms with Gasteiger partial charge in [0, 0.05) is 31.4 Å². The maximum Gasteiger partial charge on any atom is 0.274 e. The van der Waals surface area contributed by atoms with Crippen LogP contribution in [-0.4, -0.2) is 67.7 Å². The van der Waals surface area contributed by atoms with E-state index in [4.69, 9.17) is 5.41 Å². The third-order valence-electron chi connectivity index (χ3n) is 6.93. The number of guanidine groups is 1. The molecular weight excluding hydrogens is 578 g/mol. The molecule has 0 spiro atoms. The molecule has 0 bridgehead atoms. The van der Waals surface area contributed by atoms with E-state index < -0.39 is 60.9 Å². The Labute approximate surface area is 236 Å². The van der Waals surface area contributed by atoms with Crippen molar-refractivity contribution in [1.29, 1.82) is 5.41 Å². The average Bonchev–Trinajstić information content (AvgIpc) is 2.93. The van der Waals surface area contributed by atoms with E-state index in [-0.39, 0.29) is 28.4 Å². The van der Waals surface area contributed by atoms with E-state index in [1.807, 2.05) is 0 Å². The van der Waals surface area contributed by atoms with Crippen LogP contribution in [0.2, 0.25) is 0 Å². The van der Waals surface area contributed by atoms with Crippen LogP contribution in [0.4, 0.5) is 14.5 Å². The number of hydrogen-bond acceptors (Lipinski definition) is 7. The highest BCUT2D eigenvalue weighted by atomic mass is 32.2. The summed E-state index contributed by atoms with van der Waals surface area (Å²) in [6, 6.07) is 13.1. The zero-order valence-electron chi connectivity index (χ0n) is 22.3. The Bertz CT molecular complexity index is 1690. The number of halogens is 2. The number of sulfonamides is 2. The molecular formula is C26H28F2N6O5S2. The molecule has 15 heteroatoms. The van der Waals surface area contributed by atoms with Gasteiger partial charge in [-0.15, -0.1) is 0 Å². The highest BCUT2D eigenvalue weighted by Gasteiger charge is 2.54. The van der Waals surface area contributed by atoms with Crippen molar-refractivity contribution in [2.45, 2.75) is 29.5 Å². The number of pyridine rings is 1. The lowest BCUT2D eigenvalue weighted by Crippen LogP contribution is -2.68. The Morgan fingerprint density at radius 3 is 2.46 bits per heavy atom. The second-order valence-electron chi connectivity index (χ2n) is 9.46. The van der Waals surface area contributed by atoms with Crippen molar-refractivity contribution in [3.05, 3.63) is 89.8 Å². The summed E-state index contributed by atoms with van der Waals surface area (Å²) in [5.41, 5.74) is -2.15. The lowest BCUT2D eigenvalue weighted by atomic mass is 9.87. The van der Waals surface area contributed by atoms with Crippen LogP contribution < -0.4 is 10.6 Å². The Balaban J connectivity index is 1.78. The summed E-state index contributed by atoms with van der Waals surface area (Å²) < 4.78 is 84.6. The second-order valence-corrected chi connectivity index (χ2v) is 13.5. The number of hydrogen-bond donors (Lipinski definition) is 3. The zero-order chi connectivity index (χ0) is 30.2. The minimum atomic E-state index is -4.41. The summed E-state index contributed by atoms with van der Waals surface area (Å²) in [5, 5.41) is 11.9. The molecule has 2 atom stereocenters. The van der Waals surface area contributed by atoms with Gasteiger partial charge in [-0.2, -0.15) is 4.31 Å². The quantitative estimate of drug-likeness (QED) is 0.357. The molecule has 41 heavy (non-hydrogen) atoms. The summed E-state index contributed by atoms with van der Waals surface area (Å²) in [4.78, 5) is 16.3. The maximum atomic E-state index is 15.5. The van der Waals surface area contributed by atoms with E-state index in [0.717, 1.165) is 35.7 Å². The minimum Gasteiger partial charge on any atom is -0.345 e. The van der Waals surface area contributed by atoms with Gasteiger partial charge < -0.3 is 10.6 Å². The molecule has 1 aromatic heterocycles. The molecule has 218 valence electrons. The van der Waals surface area contributed by atoms with Crippen molar-refractivity contribution in [2.24, 2.45) is 0 Å². The van der Waals surface area contributed by atoms with E-state index in [1.165, 1.54) is 43.3 Å². The fraction of sp³-hybridized carbons (Fsp3) is 0.269. The fourth-order valence-corrected chi connectivity index (χ4v) is 7.98. The Morgan fingerprint density at radius 1 is 1.17 bits per heavy atom. The molecule has 0 saturated carbocycles. The molecule has 0 aliphatic carbocycles. The maximum absolute atomic E-state index is 15.5. The van der Waals surface area contributed by atoms with E-state index in [9.17, 15) is 26.0 Å². The molecule has 1 amide bonds. The molecule has 2 heterocycles. The Hall–Kier alpha value is -3.95. The number of anilines is 1. The van der Waals surface area contributed by atoms with Gasteiger partial charge in [-0.25, -0.2) is 34.9 Å². The van der Waals surface area contributed by atoms with Crippen LogP contribution in [0.3, 0.4) is 0 Å². The summed E-state index contributed by atoms with van der Waals surface area (Å²) in [5.74, 6) is -2.78. The van der Waals surface area contributed by atoms with Crippen molar-refractivity contribution >= 4 is 37.6 Å². The SMILES string of the molecule is CCN(C[C@H]1[C@@](C)(c2cc(NC(=O)c3ccc(F)cn3)ccc2F)NC(=N)N(C)S1(=O)=O)S(=O)(=O)c1ccccc1. The first-order chi connectivity index (χ1) is 19.2. The first-order valence-corrected chi connectivity index (χ1v) is 15.3. The summed E-state index contributed by atoms with van der Waals surface area (Å²) in [6.45, 7) is 2.23. The predicted octanol–water partition coefficient (Wildman–Crippen LogP) is 2.71. The normalized spacial score (nSPS) is 20.5. The lowest BCUT2D eigenvalue weighted by Gasteiger charge is -2.47. The first-order valence-electron chi connectivity index (χ1n) is 12.3. The van der Waals surface area contributed by atoms with Gasteiger partial charge in [0.1, 0.15) is 22.6 Å². The lowest BCUT2D eigenvalue weighted by molar-refractivity contribution is 0.102. The average molecular weight is 607 g/mol. The minimum absolute atomic E-state index is 0.0453. The van der Waals surface area contributed by atoms with Gasteiger partial charge in [0.2, 0.25) is 26.0 Å². The number of nitrogens with one attached hydrogen (secondary N) is 3. The molecule has 1 fully saturated rings. The van der Waals surface area contributed by atoms with Gasteiger partial charge in [0.25, 0.3) is 5.91 Å². The molecule has 11 nitrogen and oxygen atoms in total. The van der Waals surface area contributed by atoms with E-state index in [2.05, 4.69) is 15.6 Å². The predicted molar refractivity (Wildman–Crippen MR) is 148 cm³/mol. The molecule has 0 unspecified atom stereocenters. The van der Waals surface area contributed by atoms with Crippen molar-refractivity contribution in [2.75, 3.05) is 25.5 Å². The van der Waals surface area contributed by atoms with Gasteiger partial charge in [-0.05, 0) is 49.4 Å². The van der Waals surface area contributed by atoms with Gasteiger partial charge in [0.05, 0.1) is 16.6 Å². The molecule has 3 N–H and O–H groups in total. The van der Waals surface area contributed by atoms with E-state index >= 15 is 4.39 Å². The number of carbonyl (C=O) groups excluding carboxylic acids is 1. The van der Waals surface area contributed by atoms with Crippen LogP contribution in [0.25, 0.3) is 0 Å². The molecule has 3 aromatic rings. The van der Waals surface area contributed by atoms with Gasteiger partial charge in [-0.3, -0.25) is 10.2 Å². The van der Waals surface area contributed by atoms with Crippen LogP contribution in [0.1, 0.15) is 29.9 Å². The highest BCUT2D eigenvalue weighted by molar-refractivity contribution is 7.91. The van der Waals surface area contributed by atoms with E-state index in [1.54, 1.807) is 13.0 Å². The third kappa shape index (κ3) is 5.64. The van der Waals surface area contributed by atoms with Crippen molar-refractivity contribution in [3.63, 3.8) is 0 Å². The smallest absolute Gasteiger partial charge is 0.274 e. The highest BCUT2D eigenvalue weighted by Crippen LogP contribution is 2.38. The van der Waals surface area contributed by atoms with Crippen LogP contribution in [-0.2, 0) is 25.6 Å². The topological polar surface area (TPSA) is 153 Å². The number of aromatic nitrogens is 1. The van der Waals surface area contributed by atoms with Crippen molar-refractivity contribution in [3.8, 4) is 0 Å².